The number of benzene rings is 2. The number of hydrogen-bond donors (Lipinski definition) is 2. The molecule has 31 heavy (non-hydrogen) atoms. The maximum atomic E-state index is 11.9. The molecule has 0 radical (unpaired) electrons. The fourth-order valence-electron chi connectivity index (χ4n) is 4.38. The lowest BCUT2D eigenvalue weighted by Crippen LogP contribution is -2.39. The van der Waals surface area contributed by atoms with Crippen LogP contribution < -0.4 is 15.5 Å². The van der Waals surface area contributed by atoms with Crippen molar-refractivity contribution in [3.05, 3.63) is 65.2 Å². The van der Waals surface area contributed by atoms with E-state index in [9.17, 15) is 4.79 Å². The smallest absolute Gasteiger partial charge is 0.227 e. The lowest BCUT2D eigenvalue weighted by Gasteiger charge is -2.28. The highest BCUT2D eigenvalue weighted by molar-refractivity contribution is 5.95. The van der Waals surface area contributed by atoms with Crippen molar-refractivity contribution in [3.63, 3.8) is 0 Å². The number of nitrogens with zero attached hydrogens (tertiary/aromatic N) is 3. The summed E-state index contributed by atoms with van der Waals surface area (Å²) in [6, 6.07) is 17.0. The van der Waals surface area contributed by atoms with Gasteiger partial charge in [-0.1, -0.05) is 36.4 Å². The molecule has 2 N–H and O–H groups in total. The molecule has 0 aromatic heterocycles. The Hall–Kier alpha value is -2.86. The Bertz CT molecular complexity index is 908. The molecule has 1 amide bonds. The van der Waals surface area contributed by atoms with E-state index >= 15 is 0 Å². The first kappa shape index (κ1) is 21.4. The number of carbonyl (C=O) groups excluding carboxylic acids is 1. The van der Waals surface area contributed by atoms with E-state index in [1.54, 1.807) is 7.05 Å². The van der Waals surface area contributed by atoms with Crippen LogP contribution in [-0.2, 0) is 24.3 Å². The topological polar surface area (TPSA) is 60.0 Å². The Kier molecular flexibility index (Phi) is 7.20. The number of hydrogen-bond acceptors (Lipinski definition) is 3. The Balaban J connectivity index is 1.16. The molecule has 6 nitrogen and oxygen atoms in total. The quantitative estimate of drug-likeness (QED) is 0.412. The molecule has 6 heteroatoms. The van der Waals surface area contributed by atoms with E-state index < -0.39 is 0 Å². The van der Waals surface area contributed by atoms with Crippen LogP contribution >= 0.6 is 0 Å². The Morgan fingerprint density at radius 2 is 1.81 bits per heavy atom. The SMILES string of the molecule is CN=C(NCCCN1CCc2ccccc2C1)NCc1ccc(N2CCCC2=O)cc1. The number of anilines is 1. The Morgan fingerprint density at radius 3 is 2.55 bits per heavy atom. The molecule has 0 unspecified atom stereocenters. The second-order valence-corrected chi connectivity index (χ2v) is 8.32. The molecule has 2 aromatic carbocycles. The third kappa shape index (κ3) is 5.64. The highest BCUT2D eigenvalue weighted by atomic mass is 16.2. The molecule has 4 rings (SSSR count). The summed E-state index contributed by atoms with van der Waals surface area (Å²) < 4.78 is 0. The van der Waals surface area contributed by atoms with Gasteiger partial charge in [0.1, 0.15) is 0 Å². The summed E-state index contributed by atoms with van der Waals surface area (Å²) in [5.74, 6) is 1.05. The summed E-state index contributed by atoms with van der Waals surface area (Å²) in [5.41, 5.74) is 5.14. The average Bonchev–Trinajstić information content (AvgIpc) is 3.24. The van der Waals surface area contributed by atoms with Gasteiger partial charge in [-0.15, -0.1) is 0 Å². The van der Waals surface area contributed by atoms with E-state index in [1.807, 2.05) is 17.0 Å². The number of amides is 1. The van der Waals surface area contributed by atoms with Crippen LogP contribution in [-0.4, -0.2) is 50.0 Å². The van der Waals surface area contributed by atoms with Gasteiger partial charge in [0, 0.05) is 58.4 Å². The van der Waals surface area contributed by atoms with Crippen LogP contribution in [0.4, 0.5) is 5.69 Å². The van der Waals surface area contributed by atoms with Crippen molar-refractivity contribution >= 4 is 17.6 Å². The van der Waals surface area contributed by atoms with Crippen LogP contribution in [0, 0.1) is 0 Å². The molecule has 1 fully saturated rings. The van der Waals surface area contributed by atoms with Crippen molar-refractivity contribution in [2.45, 2.75) is 38.8 Å². The third-order valence-corrected chi connectivity index (χ3v) is 6.16. The zero-order valence-corrected chi connectivity index (χ0v) is 18.4. The summed E-state index contributed by atoms with van der Waals surface area (Å²) in [6.07, 6.45) is 3.85. The zero-order valence-electron chi connectivity index (χ0n) is 18.4. The molecule has 164 valence electrons. The summed E-state index contributed by atoms with van der Waals surface area (Å²) in [5, 5.41) is 6.80. The number of guanidine groups is 1. The molecule has 2 aromatic rings. The molecule has 2 heterocycles. The number of fused-ring (bicyclic) bond motifs is 1. The molecular formula is C25H33N5O. The maximum absolute atomic E-state index is 11.9. The average molecular weight is 420 g/mol. The van der Waals surface area contributed by atoms with Crippen molar-refractivity contribution < 1.29 is 4.79 Å². The van der Waals surface area contributed by atoms with E-state index in [0.717, 1.165) is 63.6 Å². The van der Waals surface area contributed by atoms with E-state index in [4.69, 9.17) is 0 Å². The molecule has 0 aliphatic carbocycles. The van der Waals surface area contributed by atoms with Crippen LogP contribution in [0.25, 0.3) is 0 Å². The number of rotatable bonds is 7. The van der Waals surface area contributed by atoms with Gasteiger partial charge in [-0.25, -0.2) is 0 Å². The van der Waals surface area contributed by atoms with Crippen LogP contribution in [0.1, 0.15) is 36.0 Å². The first-order valence-corrected chi connectivity index (χ1v) is 11.4. The van der Waals surface area contributed by atoms with Crippen LogP contribution in [0.5, 0.6) is 0 Å². The minimum atomic E-state index is 0.226. The minimum Gasteiger partial charge on any atom is -0.356 e. The van der Waals surface area contributed by atoms with E-state index in [1.165, 1.54) is 16.7 Å². The molecular weight excluding hydrogens is 386 g/mol. The van der Waals surface area contributed by atoms with Gasteiger partial charge in [0.05, 0.1) is 0 Å². The molecule has 0 saturated carbocycles. The van der Waals surface area contributed by atoms with Crippen LogP contribution in [0.3, 0.4) is 0 Å². The monoisotopic (exact) mass is 419 g/mol. The van der Waals surface area contributed by atoms with Gasteiger partial charge >= 0.3 is 0 Å². The van der Waals surface area contributed by atoms with E-state index in [2.05, 4.69) is 56.9 Å². The predicted molar refractivity (Wildman–Crippen MR) is 126 cm³/mol. The fraction of sp³-hybridized carbons (Fsp3) is 0.440. The molecule has 2 aliphatic rings. The van der Waals surface area contributed by atoms with E-state index in [-0.39, 0.29) is 5.91 Å². The summed E-state index contributed by atoms with van der Waals surface area (Å²) in [4.78, 5) is 20.6. The van der Waals surface area contributed by atoms with Crippen molar-refractivity contribution in [3.8, 4) is 0 Å². The van der Waals surface area contributed by atoms with Gasteiger partial charge < -0.3 is 15.5 Å². The van der Waals surface area contributed by atoms with Gasteiger partial charge in [0.15, 0.2) is 5.96 Å². The standard InChI is InChI=1S/C25H33N5O/c1-26-25(27-14-5-15-29-17-13-21-6-2-3-7-22(21)19-29)28-18-20-9-11-23(12-10-20)30-16-4-8-24(30)31/h2-3,6-7,9-12H,4-5,8,13-19H2,1H3,(H2,26,27,28). The lowest BCUT2D eigenvalue weighted by molar-refractivity contribution is -0.117. The summed E-state index contributed by atoms with van der Waals surface area (Å²) >= 11 is 0. The number of carbonyl (C=O) groups is 1. The highest BCUT2D eigenvalue weighted by Gasteiger charge is 2.21. The Morgan fingerprint density at radius 1 is 1.00 bits per heavy atom. The second kappa shape index (κ2) is 10.4. The normalized spacial score (nSPS) is 17.0. The van der Waals surface area contributed by atoms with Crippen molar-refractivity contribution in [1.82, 2.24) is 15.5 Å². The summed E-state index contributed by atoms with van der Waals surface area (Å²) in [7, 11) is 1.80. The van der Waals surface area contributed by atoms with Gasteiger partial charge in [0.25, 0.3) is 0 Å². The first-order valence-electron chi connectivity index (χ1n) is 11.4. The predicted octanol–water partition coefficient (Wildman–Crippen LogP) is 2.93. The van der Waals surface area contributed by atoms with Gasteiger partial charge in [-0.3, -0.25) is 14.7 Å². The van der Waals surface area contributed by atoms with Crippen LogP contribution in [0.15, 0.2) is 53.5 Å². The largest absolute Gasteiger partial charge is 0.356 e. The fourth-order valence-corrected chi connectivity index (χ4v) is 4.38. The number of nitrogens with one attached hydrogen (secondary N) is 2. The number of aliphatic imine (C=N–C) groups is 1. The van der Waals surface area contributed by atoms with Gasteiger partial charge in [0.2, 0.25) is 5.91 Å². The molecule has 2 aliphatic heterocycles. The molecule has 0 spiro atoms. The minimum absolute atomic E-state index is 0.226. The first-order chi connectivity index (χ1) is 15.2. The maximum Gasteiger partial charge on any atom is 0.227 e. The van der Waals surface area contributed by atoms with Crippen molar-refractivity contribution in [1.29, 1.82) is 0 Å². The molecule has 1 saturated heterocycles. The summed E-state index contributed by atoms with van der Waals surface area (Å²) in [6.45, 7) is 5.72. The van der Waals surface area contributed by atoms with E-state index in [0.29, 0.717) is 13.0 Å². The lowest BCUT2D eigenvalue weighted by atomic mass is 10.00. The van der Waals surface area contributed by atoms with Gasteiger partial charge in [-0.05, 0) is 48.1 Å². The highest BCUT2D eigenvalue weighted by Crippen LogP contribution is 2.21. The third-order valence-electron chi connectivity index (χ3n) is 6.16. The second-order valence-electron chi connectivity index (χ2n) is 8.32. The van der Waals surface area contributed by atoms with Gasteiger partial charge in [-0.2, -0.15) is 0 Å². The molecule has 0 atom stereocenters. The van der Waals surface area contributed by atoms with Crippen LogP contribution in [0.2, 0.25) is 0 Å². The Labute approximate surface area is 185 Å². The van der Waals surface area contributed by atoms with Crippen molar-refractivity contribution in [2.75, 3.05) is 38.1 Å². The van der Waals surface area contributed by atoms with Crippen molar-refractivity contribution in [2.24, 2.45) is 4.99 Å². The molecule has 0 bridgehead atoms. The zero-order chi connectivity index (χ0) is 21.5.